The zero-order chi connectivity index (χ0) is 10.5. The van der Waals surface area contributed by atoms with E-state index in [2.05, 4.69) is 5.32 Å². The van der Waals surface area contributed by atoms with E-state index in [0.29, 0.717) is 6.54 Å². The molecule has 0 aromatic carbocycles. The zero-order valence-corrected chi connectivity index (χ0v) is 9.02. The maximum atomic E-state index is 10.6. The minimum absolute atomic E-state index is 0.104. The molecule has 0 radical (unpaired) electrons. The predicted octanol–water partition coefficient (Wildman–Crippen LogP) is -0.0550. The monoisotopic (exact) mass is 207 g/mol. The number of aliphatic hydroxyl groups excluding tert-OH is 1. The van der Waals surface area contributed by atoms with Crippen LogP contribution in [0.2, 0.25) is 0 Å². The summed E-state index contributed by atoms with van der Waals surface area (Å²) >= 11 is 1.51. The number of amides is 1. The lowest BCUT2D eigenvalue weighted by molar-refractivity contribution is -0.119. The molecule has 3 N–H and O–H groups in total. The Kier molecular flexibility index (Phi) is 5.36. The number of carbonyl (C=O) groups excluding carboxylic acids is 1. The molecule has 0 heterocycles. The Morgan fingerprint density at radius 3 is 2.46 bits per heavy atom. The van der Waals surface area contributed by atoms with Crippen molar-refractivity contribution in [3.8, 4) is 0 Å². The maximum Gasteiger partial charge on any atom is 0.216 e. The second-order valence-electron chi connectivity index (χ2n) is 3.25. The van der Waals surface area contributed by atoms with Crippen LogP contribution in [0.1, 0.15) is 20.3 Å². The van der Waals surface area contributed by atoms with Crippen LogP contribution in [-0.4, -0.2) is 40.0 Å². The highest BCUT2D eigenvalue weighted by Gasteiger charge is 2.25. The summed E-state index contributed by atoms with van der Waals surface area (Å²) in [5.74, 6) is -0.104. The second-order valence-corrected chi connectivity index (χ2v) is 4.64. The largest absolute Gasteiger partial charge is 0.368 e. The molecular formula is C8H17NO3S. The van der Waals surface area contributed by atoms with Gasteiger partial charge in [-0.2, -0.15) is 11.8 Å². The lowest BCUT2D eigenvalue weighted by atomic mass is 10.1. The third-order valence-electron chi connectivity index (χ3n) is 1.82. The summed E-state index contributed by atoms with van der Waals surface area (Å²) in [6, 6.07) is 0. The molecule has 0 aromatic heterocycles. The van der Waals surface area contributed by atoms with E-state index in [1.165, 1.54) is 18.7 Å². The molecular weight excluding hydrogens is 190 g/mol. The Balaban J connectivity index is 4.03. The van der Waals surface area contributed by atoms with Crippen LogP contribution in [0, 0.1) is 0 Å². The minimum atomic E-state index is -1.33. The van der Waals surface area contributed by atoms with Gasteiger partial charge in [-0.15, -0.1) is 0 Å². The van der Waals surface area contributed by atoms with E-state index in [1.54, 1.807) is 0 Å². The van der Waals surface area contributed by atoms with Gasteiger partial charge < -0.3 is 15.5 Å². The normalized spacial score (nSPS) is 15.5. The Hall–Kier alpha value is -0.260. The van der Waals surface area contributed by atoms with Gasteiger partial charge in [0.25, 0.3) is 0 Å². The van der Waals surface area contributed by atoms with Crippen LogP contribution in [0.25, 0.3) is 0 Å². The van der Waals surface area contributed by atoms with Gasteiger partial charge in [-0.1, -0.05) is 0 Å². The van der Waals surface area contributed by atoms with Gasteiger partial charge in [-0.25, -0.2) is 0 Å². The number of aliphatic hydroxyl groups is 2. The van der Waals surface area contributed by atoms with E-state index >= 15 is 0 Å². The molecule has 0 aliphatic carbocycles. The Morgan fingerprint density at radius 1 is 1.62 bits per heavy atom. The van der Waals surface area contributed by atoms with Gasteiger partial charge in [0, 0.05) is 24.6 Å². The molecule has 13 heavy (non-hydrogen) atoms. The van der Waals surface area contributed by atoms with Gasteiger partial charge in [0.2, 0.25) is 5.91 Å². The molecule has 0 fully saturated rings. The molecule has 0 saturated heterocycles. The first kappa shape index (κ1) is 12.7. The lowest BCUT2D eigenvalue weighted by Crippen LogP contribution is -2.39. The number of hydrogen-bond donors (Lipinski definition) is 3. The van der Waals surface area contributed by atoms with Gasteiger partial charge in [0.15, 0.2) is 6.29 Å². The van der Waals surface area contributed by atoms with Gasteiger partial charge in [-0.3, -0.25) is 4.79 Å². The number of thioether (sulfide) groups is 1. The number of carbonyl (C=O) groups is 1. The van der Waals surface area contributed by atoms with Crippen LogP contribution in [-0.2, 0) is 4.79 Å². The van der Waals surface area contributed by atoms with Crippen LogP contribution in [0.5, 0.6) is 0 Å². The van der Waals surface area contributed by atoms with Gasteiger partial charge in [0.1, 0.15) is 0 Å². The molecule has 78 valence electrons. The van der Waals surface area contributed by atoms with Crippen molar-refractivity contribution in [3.05, 3.63) is 0 Å². The van der Waals surface area contributed by atoms with Crippen molar-refractivity contribution in [3.63, 3.8) is 0 Å². The molecule has 0 aromatic rings. The Bertz CT molecular complexity index is 175. The SMILES string of the molecule is CSC(C)(CNC(C)=O)CC(O)O. The van der Waals surface area contributed by atoms with Gasteiger partial charge in [0.05, 0.1) is 0 Å². The van der Waals surface area contributed by atoms with Crippen molar-refractivity contribution in [2.75, 3.05) is 12.8 Å². The van der Waals surface area contributed by atoms with E-state index < -0.39 is 6.29 Å². The van der Waals surface area contributed by atoms with E-state index in [-0.39, 0.29) is 17.1 Å². The third kappa shape index (κ3) is 5.90. The van der Waals surface area contributed by atoms with Crippen molar-refractivity contribution in [2.45, 2.75) is 31.3 Å². The molecule has 5 heteroatoms. The lowest BCUT2D eigenvalue weighted by Gasteiger charge is -2.28. The minimum Gasteiger partial charge on any atom is -0.368 e. The molecule has 0 aliphatic heterocycles. The van der Waals surface area contributed by atoms with Crippen molar-refractivity contribution < 1.29 is 15.0 Å². The highest BCUT2D eigenvalue weighted by Crippen LogP contribution is 2.26. The number of nitrogens with one attached hydrogen (secondary N) is 1. The summed E-state index contributed by atoms with van der Waals surface area (Å²) in [4.78, 5) is 10.6. The van der Waals surface area contributed by atoms with Crippen molar-refractivity contribution in [1.82, 2.24) is 5.32 Å². The summed E-state index contributed by atoms with van der Waals surface area (Å²) in [7, 11) is 0. The Morgan fingerprint density at radius 2 is 2.15 bits per heavy atom. The highest BCUT2D eigenvalue weighted by molar-refractivity contribution is 8.00. The smallest absolute Gasteiger partial charge is 0.216 e. The fourth-order valence-corrected chi connectivity index (χ4v) is 1.46. The van der Waals surface area contributed by atoms with Crippen molar-refractivity contribution in [1.29, 1.82) is 0 Å². The zero-order valence-electron chi connectivity index (χ0n) is 8.20. The molecule has 1 unspecified atom stereocenters. The first-order chi connectivity index (χ1) is 5.89. The summed E-state index contributed by atoms with van der Waals surface area (Å²) < 4.78 is -0.320. The van der Waals surface area contributed by atoms with E-state index in [9.17, 15) is 4.79 Å². The topological polar surface area (TPSA) is 69.6 Å². The van der Waals surface area contributed by atoms with Crippen LogP contribution < -0.4 is 5.32 Å². The molecule has 0 bridgehead atoms. The summed E-state index contributed by atoms with van der Waals surface area (Å²) in [6.07, 6.45) is 0.796. The van der Waals surface area contributed by atoms with Gasteiger partial charge in [-0.05, 0) is 13.2 Å². The first-order valence-electron chi connectivity index (χ1n) is 4.05. The quantitative estimate of drug-likeness (QED) is 0.553. The van der Waals surface area contributed by atoms with Gasteiger partial charge >= 0.3 is 0 Å². The van der Waals surface area contributed by atoms with Crippen LogP contribution in [0.15, 0.2) is 0 Å². The summed E-state index contributed by atoms with van der Waals surface area (Å²) in [6.45, 7) is 3.77. The standard InChI is InChI=1S/C8H17NO3S/c1-6(10)9-5-8(2,13-3)4-7(11)12/h7,11-12H,4-5H2,1-3H3,(H,9,10). The predicted molar refractivity (Wildman–Crippen MR) is 53.4 cm³/mol. The third-order valence-corrected chi connectivity index (χ3v) is 3.12. The van der Waals surface area contributed by atoms with E-state index in [4.69, 9.17) is 10.2 Å². The molecule has 0 spiro atoms. The molecule has 1 amide bonds. The van der Waals surface area contributed by atoms with Crippen LogP contribution >= 0.6 is 11.8 Å². The highest BCUT2D eigenvalue weighted by atomic mass is 32.2. The fraction of sp³-hybridized carbons (Fsp3) is 0.875. The molecule has 1 atom stereocenters. The number of hydrogen-bond acceptors (Lipinski definition) is 4. The maximum absolute atomic E-state index is 10.6. The van der Waals surface area contributed by atoms with Crippen molar-refractivity contribution >= 4 is 17.7 Å². The molecule has 0 saturated carbocycles. The second kappa shape index (κ2) is 5.47. The van der Waals surface area contributed by atoms with Crippen molar-refractivity contribution in [2.24, 2.45) is 0 Å². The van der Waals surface area contributed by atoms with E-state index in [1.807, 2.05) is 13.2 Å². The molecule has 4 nitrogen and oxygen atoms in total. The fourth-order valence-electron chi connectivity index (χ4n) is 0.925. The Labute approximate surface area is 82.7 Å². The summed E-state index contributed by atoms with van der Waals surface area (Å²) in [5.41, 5.74) is 0. The average molecular weight is 207 g/mol. The molecule has 0 aliphatic rings. The summed E-state index contributed by atoms with van der Waals surface area (Å²) in [5, 5.41) is 20.3. The van der Waals surface area contributed by atoms with Crippen LogP contribution in [0.3, 0.4) is 0 Å². The first-order valence-corrected chi connectivity index (χ1v) is 5.28. The number of rotatable bonds is 5. The van der Waals surface area contributed by atoms with Crippen LogP contribution in [0.4, 0.5) is 0 Å². The average Bonchev–Trinajstić information content (AvgIpc) is 2.00. The molecule has 0 rings (SSSR count). The van der Waals surface area contributed by atoms with E-state index in [0.717, 1.165) is 0 Å².